The molecule has 0 fully saturated rings. The van der Waals surface area contributed by atoms with Crippen LogP contribution in [0.25, 0.3) is 0 Å². The zero-order valence-corrected chi connectivity index (χ0v) is 10.1. The molecule has 0 aliphatic rings. The average molecular weight is 234 g/mol. The molecule has 4 nitrogen and oxygen atoms in total. The van der Waals surface area contributed by atoms with Crippen LogP contribution in [0.1, 0.15) is 13.3 Å². The smallest absolute Gasteiger partial charge is 0.121 e. The molecule has 0 aromatic heterocycles. The molecule has 1 rings (SSSR count). The molecular formula is C13H18N2O2. The second-order valence-corrected chi connectivity index (χ2v) is 3.56. The molecule has 0 saturated heterocycles. The van der Waals surface area contributed by atoms with Gasteiger partial charge in [0.15, 0.2) is 0 Å². The SMILES string of the molecule is CCN(CCC#N)c1cccc(OCCO)c1. The van der Waals surface area contributed by atoms with E-state index in [0.717, 1.165) is 24.5 Å². The number of nitrogens with zero attached hydrogens (tertiary/aromatic N) is 2. The minimum Gasteiger partial charge on any atom is -0.491 e. The van der Waals surface area contributed by atoms with Gasteiger partial charge in [-0.25, -0.2) is 0 Å². The molecule has 4 heteroatoms. The largest absolute Gasteiger partial charge is 0.491 e. The lowest BCUT2D eigenvalue weighted by molar-refractivity contribution is 0.201. The van der Waals surface area contributed by atoms with Gasteiger partial charge in [0.05, 0.1) is 19.1 Å². The predicted molar refractivity (Wildman–Crippen MR) is 67.1 cm³/mol. The first kappa shape index (κ1) is 13.3. The molecule has 0 spiro atoms. The molecule has 92 valence electrons. The van der Waals surface area contributed by atoms with Crippen molar-refractivity contribution in [3.63, 3.8) is 0 Å². The number of benzene rings is 1. The van der Waals surface area contributed by atoms with E-state index >= 15 is 0 Å². The second kappa shape index (κ2) is 7.53. The Morgan fingerprint density at radius 3 is 2.94 bits per heavy atom. The summed E-state index contributed by atoms with van der Waals surface area (Å²) in [7, 11) is 0. The number of aliphatic hydroxyl groups excluding tert-OH is 1. The molecule has 17 heavy (non-hydrogen) atoms. The summed E-state index contributed by atoms with van der Waals surface area (Å²) in [4.78, 5) is 2.12. The van der Waals surface area contributed by atoms with Gasteiger partial charge in [0.25, 0.3) is 0 Å². The van der Waals surface area contributed by atoms with Crippen molar-refractivity contribution in [2.45, 2.75) is 13.3 Å². The molecule has 1 aromatic carbocycles. The number of rotatable bonds is 7. The van der Waals surface area contributed by atoms with Crippen LogP contribution in [0.3, 0.4) is 0 Å². The third-order valence-electron chi connectivity index (χ3n) is 2.42. The van der Waals surface area contributed by atoms with Crippen molar-refractivity contribution in [3.8, 4) is 11.8 Å². The first-order valence-corrected chi connectivity index (χ1v) is 5.77. The Morgan fingerprint density at radius 2 is 2.29 bits per heavy atom. The van der Waals surface area contributed by atoms with Crippen LogP contribution in [0.15, 0.2) is 24.3 Å². The summed E-state index contributed by atoms with van der Waals surface area (Å²) >= 11 is 0. The van der Waals surface area contributed by atoms with Gasteiger partial charge >= 0.3 is 0 Å². The summed E-state index contributed by atoms with van der Waals surface area (Å²) < 4.78 is 5.35. The van der Waals surface area contributed by atoms with Gasteiger partial charge < -0.3 is 14.7 Å². The Hall–Kier alpha value is -1.73. The van der Waals surface area contributed by atoms with Crippen molar-refractivity contribution in [1.82, 2.24) is 0 Å². The minimum absolute atomic E-state index is 0.0101. The maximum Gasteiger partial charge on any atom is 0.121 e. The lowest BCUT2D eigenvalue weighted by Gasteiger charge is -2.22. The lowest BCUT2D eigenvalue weighted by Crippen LogP contribution is -2.23. The summed E-state index contributed by atoms with van der Waals surface area (Å²) in [5, 5.41) is 17.3. The Balaban J connectivity index is 2.70. The number of hydrogen-bond acceptors (Lipinski definition) is 4. The maximum absolute atomic E-state index is 8.70. The molecule has 0 atom stereocenters. The van der Waals surface area contributed by atoms with Crippen molar-refractivity contribution < 1.29 is 9.84 Å². The lowest BCUT2D eigenvalue weighted by atomic mass is 10.2. The van der Waals surface area contributed by atoms with Crippen molar-refractivity contribution >= 4 is 5.69 Å². The molecule has 0 amide bonds. The molecule has 0 unspecified atom stereocenters. The van der Waals surface area contributed by atoms with E-state index in [1.807, 2.05) is 24.3 Å². The van der Waals surface area contributed by atoms with Gasteiger partial charge in [0, 0.05) is 24.8 Å². The van der Waals surface area contributed by atoms with Gasteiger partial charge in [-0.1, -0.05) is 6.07 Å². The van der Waals surface area contributed by atoms with E-state index in [0.29, 0.717) is 13.0 Å². The van der Waals surface area contributed by atoms with Gasteiger partial charge in [-0.15, -0.1) is 0 Å². The van der Waals surface area contributed by atoms with Crippen LogP contribution in [0.4, 0.5) is 5.69 Å². The number of nitriles is 1. The fourth-order valence-corrected chi connectivity index (χ4v) is 1.59. The highest BCUT2D eigenvalue weighted by molar-refractivity contribution is 5.50. The fourth-order valence-electron chi connectivity index (χ4n) is 1.59. The van der Waals surface area contributed by atoms with Gasteiger partial charge in [0.1, 0.15) is 12.4 Å². The second-order valence-electron chi connectivity index (χ2n) is 3.56. The minimum atomic E-state index is 0.0101. The van der Waals surface area contributed by atoms with Gasteiger partial charge in [0.2, 0.25) is 0 Å². The molecule has 0 radical (unpaired) electrons. The molecule has 1 N–H and O–H groups in total. The summed E-state index contributed by atoms with van der Waals surface area (Å²) in [6, 6.07) is 9.84. The van der Waals surface area contributed by atoms with Crippen molar-refractivity contribution in [3.05, 3.63) is 24.3 Å². The predicted octanol–water partition coefficient (Wildman–Crippen LogP) is 1.80. The van der Waals surface area contributed by atoms with Gasteiger partial charge in [-0.05, 0) is 19.1 Å². The van der Waals surface area contributed by atoms with Crippen LogP contribution in [-0.2, 0) is 0 Å². The third-order valence-corrected chi connectivity index (χ3v) is 2.42. The van der Waals surface area contributed by atoms with Gasteiger partial charge in [-0.2, -0.15) is 5.26 Å². The summed E-state index contributed by atoms with van der Waals surface area (Å²) in [6.45, 7) is 3.93. The van der Waals surface area contributed by atoms with E-state index in [9.17, 15) is 0 Å². The zero-order chi connectivity index (χ0) is 12.5. The van der Waals surface area contributed by atoms with Crippen LogP contribution >= 0.6 is 0 Å². The van der Waals surface area contributed by atoms with E-state index in [2.05, 4.69) is 17.9 Å². The van der Waals surface area contributed by atoms with E-state index in [1.165, 1.54) is 0 Å². The Morgan fingerprint density at radius 1 is 1.47 bits per heavy atom. The summed E-state index contributed by atoms with van der Waals surface area (Å²) in [5.41, 5.74) is 1.04. The molecule has 0 heterocycles. The third kappa shape index (κ3) is 4.33. The van der Waals surface area contributed by atoms with Crippen LogP contribution in [0.2, 0.25) is 0 Å². The fraction of sp³-hybridized carbons (Fsp3) is 0.462. The molecule has 0 aliphatic heterocycles. The van der Waals surface area contributed by atoms with E-state index in [1.54, 1.807) is 0 Å². The Bertz CT molecular complexity index is 374. The van der Waals surface area contributed by atoms with E-state index in [4.69, 9.17) is 15.1 Å². The Kier molecular flexibility index (Phi) is 5.91. The van der Waals surface area contributed by atoms with Crippen LogP contribution in [0.5, 0.6) is 5.75 Å². The molecule has 0 bridgehead atoms. The van der Waals surface area contributed by atoms with Crippen LogP contribution in [0, 0.1) is 11.3 Å². The van der Waals surface area contributed by atoms with Gasteiger partial charge in [-0.3, -0.25) is 0 Å². The number of aliphatic hydroxyl groups is 1. The zero-order valence-electron chi connectivity index (χ0n) is 10.1. The average Bonchev–Trinajstić information content (AvgIpc) is 2.38. The molecule has 0 saturated carbocycles. The first-order valence-electron chi connectivity index (χ1n) is 5.77. The summed E-state index contributed by atoms with van der Waals surface area (Å²) in [6.07, 6.45) is 0.509. The highest BCUT2D eigenvalue weighted by Gasteiger charge is 2.04. The van der Waals surface area contributed by atoms with Crippen LogP contribution < -0.4 is 9.64 Å². The Labute approximate surface area is 102 Å². The van der Waals surface area contributed by atoms with E-state index < -0.39 is 0 Å². The highest BCUT2D eigenvalue weighted by Crippen LogP contribution is 2.21. The first-order chi connectivity index (χ1) is 8.31. The summed E-state index contributed by atoms with van der Waals surface area (Å²) in [5.74, 6) is 0.743. The molecule has 0 aliphatic carbocycles. The maximum atomic E-state index is 8.70. The number of ether oxygens (including phenoxy) is 1. The molecule has 1 aromatic rings. The van der Waals surface area contributed by atoms with Crippen molar-refractivity contribution in [1.29, 1.82) is 5.26 Å². The molecular weight excluding hydrogens is 216 g/mol. The van der Waals surface area contributed by atoms with E-state index in [-0.39, 0.29) is 6.61 Å². The number of anilines is 1. The quantitative estimate of drug-likeness (QED) is 0.781. The van der Waals surface area contributed by atoms with Crippen molar-refractivity contribution in [2.24, 2.45) is 0 Å². The van der Waals surface area contributed by atoms with Crippen LogP contribution in [-0.4, -0.2) is 31.4 Å². The van der Waals surface area contributed by atoms with Crippen molar-refractivity contribution in [2.75, 3.05) is 31.2 Å². The standard InChI is InChI=1S/C13H18N2O2/c1-2-15(8-4-7-14)12-5-3-6-13(11-12)17-10-9-16/h3,5-6,11,16H,2,4,8-10H2,1H3. The topological polar surface area (TPSA) is 56.5 Å². The normalized spacial score (nSPS) is 9.71. The number of hydrogen-bond donors (Lipinski definition) is 1. The highest BCUT2D eigenvalue weighted by atomic mass is 16.5. The monoisotopic (exact) mass is 234 g/mol.